The fourth-order valence-corrected chi connectivity index (χ4v) is 2.06. The second-order valence-electron chi connectivity index (χ2n) is 5.20. The molecule has 0 spiro atoms. The van der Waals surface area contributed by atoms with Crippen LogP contribution in [0.1, 0.15) is 31.1 Å². The van der Waals surface area contributed by atoms with Gasteiger partial charge >= 0.3 is 0 Å². The summed E-state index contributed by atoms with van der Waals surface area (Å²) in [6, 6.07) is 5.04. The Balaban J connectivity index is 3.15. The zero-order chi connectivity index (χ0) is 16.0. The van der Waals surface area contributed by atoms with Crippen molar-refractivity contribution in [2.75, 3.05) is 25.4 Å². The number of benzene rings is 1. The number of primary amides is 1. The predicted molar refractivity (Wildman–Crippen MR) is 82.0 cm³/mol. The molecular formula is C15H23N3O3. The highest BCUT2D eigenvalue weighted by atomic mass is 16.5. The van der Waals surface area contributed by atoms with E-state index < -0.39 is 5.91 Å². The van der Waals surface area contributed by atoms with E-state index in [9.17, 15) is 9.59 Å². The van der Waals surface area contributed by atoms with Gasteiger partial charge in [-0.1, -0.05) is 19.9 Å². The molecule has 1 aromatic carbocycles. The second kappa shape index (κ2) is 7.52. The summed E-state index contributed by atoms with van der Waals surface area (Å²) in [5.74, 6) is -0.282. The van der Waals surface area contributed by atoms with Gasteiger partial charge in [0.05, 0.1) is 13.2 Å². The molecular weight excluding hydrogens is 270 g/mol. The quantitative estimate of drug-likeness (QED) is 0.739. The minimum absolute atomic E-state index is 0.142. The number of rotatable bonds is 7. The first-order valence-corrected chi connectivity index (χ1v) is 6.95. The van der Waals surface area contributed by atoms with Gasteiger partial charge in [-0.25, -0.2) is 0 Å². The molecule has 1 rings (SSSR count). The normalized spacial score (nSPS) is 10.5. The smallest absolute Gasteiger partial charge is 0.260 e. The van der Waals surface area contributed by atoms with Crippen molar-refractivity contribution in [1.82, 2.24) is 4.90 Å². The molecule has 116 valence electrons. The number of carbonyl (C=O) groups excluding carboxylic acids is 2. The van der Waals surface area contributed by atoms with Crippen LogP contribution in [0.5, 0.6) is 5.75 Å². The van der Waals surface area contributed by atoms with Crippen LogP contribution in [0.4, 0.5) is 5.69 Å². The van der Waals surface area contributed by atoms with Crippen molar-refractivity contribution < 1.29 is 14.3 Å². The van der Waals surface area contributed by atoms with Gasteiger partial charge in [-0.2, -0.15) is 0 Å². The lowest BCUT2D eigenvalue weighted by Gasteiger charge is -2.24. The number of ether oxygens (including phenoxy) is 1. The van der Waals surface area contributed by atoms with Crippen LogP contribution in [0.15, 0.2) is 18.2 Å². The molecule has 0 unspecified atom stereocenters. The van der Waals surface area contributed by atoms with E-state index in [1.54, 1.807) is 18.2 Å². The Morgan fingerprint density at radius 3 is 2.52 bits per heavy atom. The topological polar surface area (TPSA) is 98.7 Å². The summed E-state index contributed by atoms with van der Waals surface area (Å²) in [5, 5.41) is 0. The SMILES string of the molecule is CCOc1cccc(N)c1C(=O)N(CC(N)=O)CC(C)C. The molecule has 0 aliphatic carbocycles. The lowest BCUT2D eigenvalue weighted by atomic mass is 10.1. The number of nitrogens with two attached hydrogens (primary N) is 2. The Morgan fingerprint density at radius 1 is 1.33 bits per heavy atom. The van der Waals surface area contributed by atoms with Crippen LogP contribution in [-0.2, 0) is 4.79 Å². The largest absolute Gasteiger partial charge is 0.493 e. The molecule has 0 aliphatic rings. The van der Waals surface area contributed by atoms with Gasteiger partial charge in [-0.3, -0.25) is 9.59 Å². The number of hydrogen-bond donors (Lipinski definition) is 2. The molecule has 6 nitrogen and oxygen atoms in total. The van der Waals surface area contributed by atoms with E-state index in [4.69, 9.17) is 16.2 Å². The van der Waals surface area contributed by atoms with Crippen LogP contribution in [0.3, 0.4) is 0 Å². The molecule has 6 heteroatoms. The first-order valence-electron chi connectivity index (χ1n) is 6.95. The zero-order valence-electron chi connectivity index (χ0n) is 12.8. The summed E-state index contributed by atoms with van der Waals surface area (Å²) >= 11 is 0. The van der Waals surface area contributed by atoms with Crippen LogP contribution < -0.4 is 16.2 Å². The Hall–Kier alpha value is -2.24. The molecule has 0 saturated carbocycles. The van der Waals surface area contributed by atoms with Gasteiger partial charge in [-0.05, 0) is 25.0 Å². The van der Waals surface area contributed by atoms with Crippen molar-refractivity contribution in [2.24, 2.45) is 11.7 Å². The molecule has 0 heterocycles. The lowest BCUT2D eigenvalue weighted by molar-refractivity contribution is -0.118. The van der Waals surface area contributed by atoms with Crippen molar-refractivity contribution in [3.05, 3.63) is 23.8 Å². The van der Waals surface area contributed by atoms with Gasteiger partial charge in [0.1, 0.15) is 11.3 Å². The van der Waals surface area contributed by atoms with Crippen LogP contribution in [0.2, 0.25) is 0 Å². The average molecular weight is 293 g/mol. The number of amides is 2. The molecule has 0 fully saturated rings. The molecule has 1 aromatic rings. The van der Waals surface area contributed by atoms with Crippen LogP contribution in [0.25, 0.3) is 0 Å². The average Bonchev–Trinajstić information content (AvgIpc) is 2.37. The van der Waals surface area contributed by atoms with Crippen LogP contribution in [-0.4, -0.2) is 36.4 Å². The maximum absolute atomic E-state index is 12.7. The van der Waals surface area contributed by atoms with Gasteiger partial charge in [0.15, 0.2) is 0 Å². The van der Waals surface area contributed by atoms with Gasteiger partial charge in [0.2, 0.25) is 5.91 Å². The van der Waals surface area contributed by atoms with Crippen molar-refractivity contribution >= 4 is 17.5 Å². The standard InChI is InChI=1S/C15H23N3O3/c1-4-21-12-7-5-6-11(16)14(12)15(20)18(8-10(2)3)9-13(17)19/h5-7,10H,4,8-9,16H2,1-3H3,(H2,17,19). The minimum Gasteiger partial charge on any atom is -0.493 e. The lowest BCUT2D eigenvalue weighted by Crippen LogP contribution is -2.41. The van der Waals surface area contributed by atoms with E-state index in [0.29, 0.717) is 24.6 Å². The molecule has 0 atom stereocenters. The Bertz CT molecular complexity index is 515. The Morgan fingerprint density at radius 2 is 2.00 bits per heavy atom. The summed E-state index contributed by atoms with van der Waals surface area (Å²) in [4.78, 5) is 25.3. The summed E-state index contributed by atoms with van der Waals surface area (Å²) in [7, 11) is 0. The Kier molecular flexibility index (Phi) is 6.02. The van der Waals surface area contributed by atoms with Crippen molar-refractivity contribution in [3.63, 3.8) is 0 Å². The van der Waals surface area contributed by atoms with Crippen LogP contribution >= 0.6 is 0 Å². The zero-order valence-corrected chi connectivity index (χ0v) is 12.8. The van der Waals surface area contributed by atoms with Crippen molar-refractivity contribution in [3.8, 4) is 5.75 Å². The third-order valence-corrected chi connectivity index (χ3v) is 2.79. The predicted octanol–water partition coefficient (Wildman–Crippen LogP) is 1.25. The highest BCUT2D eigenvalue weighted by Gasteiger charge is 2.24. The number of nitrogen functional groups attached to an aromatic ring is 1. The Labute approximate surface area is 125 Å². The number of nitrogens with zero attached hydrogens (tertiary/aromatic N) is 1. The van der Waals surface area contributed by atoms with Crippen LogP contribution in [0, 0.1) is 5.92 Å². The molecule has 21 heavy (non-hydrogen) atoms. The second-order valence-corrected chi connectivity index (χ2v) is 5.20. The third-order valence-electron chi connectivity index (χ3n) is 2.79. The van der Waals surface area contributed by atoms with Crippen molar-refractivity contribution in [1.29, 1.82) is 0 Å². The third kappa shape index (κ3) is 4.66. The van der Waals surface area contributed by atoms with Gasteiger partial charge in [-0.15, -0.1) is 0 Å². The van der Waals surface area contributed by atoms with E-state index in [2.05, 4.69) is 0 Å². The molecule has 0 saturated heterocycles. The van der Waals surface area contributed by atoms with E-state index in [1.807, 2.05) is 20.8 Å². The van der Waals surface area contributed by atoms with E-state index in [-0.39, 0.29) is 23.9 Å². The maximum Gasteiger partial charge on any atom is 0.260 e. The fraction of sp³-hybridized carbons (Fsp3) is 0.467. The van der Waals surface area contributed by atoms with Gasteiger partial charge < -0.3 is 21.1 Å². The number of anilines is 1. The summed E-state index contributed by atoms with van der Waals surface area (Å²) < 4.78 is 5.46. The molecule has 2 amide bonds. The van der Waals surface area contributed by atoms with Gasteiger partial charge in [0.25, 0.3) is 5.91 Å². The summed E-state index contributed by atoms with van der Waals surface area (Å²) in [5.41, 5.74) is 11.7. The monoisotopic (exact) mass is 293 g/mol. The molecule has 0 radical (unpaired) electrons. The molecule has 0 bridgehead atoms. The number of carbonyl (C=O) groups is 2. The first-order chi connectivity index (χ1) is 9.86. The van der Waals surface area contributed by atoms with E-state index >= 15 is 0 Å². The maximum atomic E-state index is 12.7. The summed E-state index contributed by atoms with van der Waals surface area (Å²) in [6.07, 6.45) is 0. The molecule has 0 aliphatic heterocycles. The highest BCUT2D eigenvalue weighted by Crippen LogP contribution is 2.26. The minimum atomic E-state index is -0.559. The molecule has 4 N–H and O–H groups in total. The fourth-order valence-electron chi connectivity index (χ4n) is 2.06. The van der Waals surface area contributed by atoms with E-state index in [0.717, 1.165) is 0 Å². The van der Waals surface area contributed by atoms with Gasteiger partial charge in [0, 0.05) is 12.2 Å². The number of hydrogen-bond acceptors (Lipinski definition) is 4. The highest BCUT2D eigenvalue weighted by molar-refractivity contribution is 6.03. The van der Waals surface area contributed by atoms with Crippen molar-refractivity contribution in [2.45, 2.75) is 20.8 Å². The molecule has 0 aromatic heterocycles. The van der Waals surface area contributed by atoms with E-state index in [1.165, 1.54) is 4.90 Å². The first kappa shape index (κ1) is 16.8. The summed E-state index contributed by atoms with van der Waals surface area (Å²) in [6.45, 7) is 6.44.